The SMILES string of the molecule is CNc1cccc(CNC2(COc3cccc4c3C(N)=NS(=O)(=O)C4)CCCC2)c1. The highest BCUT2D eigenvalue weighted by molar-refractivity contribution is 7.89. The van der Waals surface area contributed by atoms with Crippen molar-refractivity contribution in [2.75, 3.05) is 19.0 Å². The van der Waals surface area contributed by atoms with E-state index in [1.807, 2.05) is 25.2 Å². The van der Waals surface area contributed by atoms with Crippen LogP contribution in [-0.2, 0) is 22.3 Å². The highest BCUT2D eigenvalue weighted by atomic mass is 32.2. The number of hydrogen-bond acceptors (Lipinski definition) is 6. The lowest BCUT2D eigenvalue weighted by Gasteiger charge is -2.31. The van der Waals surface area contributed by atoms with Gasteiger partial charge in [0.05, 0.1) is 16.9 Å². The number of anilines is 1. The van der Waals surface area contributed by atoms with Crippen molar-refractivity contribution in [1.82, 2.24) is 5.32 Å². The quantitative estimate of drug-likeness (QED) is 0.626. The minimum atomic E-state index is -3.56. The van der Waals surface area contributed by atoms with Crippen LogP contribution in [-0.4, -0.2) is 33.4 Å². The number of ether oxygens (including phenoxy) is 1. The number of nitrogens with two attached hydrogens (primary N) is 1. The molecule has 0 bridgehead atoms. The molecule has 0 radical (unpaired) electrons. The van der Waals surface area contributed by atoms with E-state index < -0.39 is 10.0 Å². The molecule has 1 heterocycles. The van der Waals surface area contributed by atoms with Crippen molar-refractivity contribution in [2.24, 2.45) is 10.1 Å². The van der Waals surface area contributed by atoms with Crippen LogP contribution in [0.5, 0.6) is 5.75 Å². The second kappa shape index (κ2) is 8.28. The molecule has 8 heteroatoms. The third-order valence-electron chi connectivity index (χ3n) is 5.89. The zero-order valence-electron chi connectivity index (χ0n) is 17.1. The first-order valence-corrected chi connectivity index (χ1v) is 11.9. The van der Waals surface area contributed by atoms with Crippen molar-refractivity contribution in [2.45, 2.75) is 43.5 Å². The second-order valence-corrected chi connectivity index (χ2v) is 9.71. The van der Waals surface area contributed by atoms with Crippen molar-refractivity contribution in [3.05, 3.63) is 59.2 Å². The fourth-order valence-corrected chi connectivity index (χ4v) is 5.39. The Labute approximate surface area is 177 Å². The van der Waals surface area contributed by atoms with Crippen LogP contribution in [0.1, 0.15) is 42.4 Å². The summed E-state index contributed by atoms with van der Waals surface area (Å²) in [6, 6.07) is 13.7. The summed E-state index contributed by atoms with van der Waals surface area (Å²) in [6.45, 7) is 1.25. The Hall–Kier alpha value is -2.58. The first-order valence-electron chi connectivity index (χ1n) is 10.2. The van der Waals surface area contributed by atoms with Crippen molar-refractivity contribution < 1.29 is 13.2 Å². The predicted molar refractivity (Wildman–Crippen MR) is 119 cm³/mol. The number of fused-ring (bicyclic) bond motifs is 1. The molecule has 7 nitrogen and oxygen atoms in total. The number of benzene rings is 2. The minimum Gasteiger partial charge on any atom is -0.491 e. The van der Waals surface area contributed by atoms with Crippen molar-refractivity contribution in [3.8, 4) is 5.75 Å². The highest BCUT2D eigenvalue weighted by Gasteiger charge is 2.35. The van der Waals surface area contributed by atoms with E-state index in [0.717, 1.165) is 37.9 Å². The number of sulfonamides is 1. The van der Waals surface area contributed by atoms with Gasteiger partial charge in [-0.2, -0.15) is 0 Å². The molecule has 1 aliphatic heterocycles. The maximum absolute atomic E-state index is 11.9. The summed E-state index contributed by atoms with van der Waals surface area (Å²) in [5, 5.41) is 6.90. The van der Waals surface area contributed by atoms with Gasteiger partial charge in [0.15, 0.2) is 0 Å². The van der Waals surface area contributed by atoms with E-state index in [2.05, 4.69) is 27.2 Å². The smallest absolute Gasteiger partial charge is 0.259 e. The van der Waals surface area contributed by atoms with Crippen LogP contribution in [0.4, 0.5) is 5.69 Å². The third kappa shape index (κ3) is 4.44. The van der Waals surface area contributed by atoms with Gasteiger partial charge in [-0.25, -0.2) is 8.42 Å². The van der Waals surface area contributed by atoms with E-state index in [9.17, 15) is 8.42 Å². The summed E-state index contributed by atoms with van der Waals surface area (Å²) in [6.07, 6.45) is 4.38. The predicted octanol–water partition coefficient (Wildman–Crippen LogP) is 2.76. The van der Waals surface area contributed by atoms with Crippen molar-refractivity contribution in [3.63, 3.8) is 0 Å². The molecule has 1 aliphatic carbocycles. The van der Waals surface area contributed by atoms with E-state index in [4.69, 9.17) is 10.5 Å². The topological polar surface area (TPSA) is 106 Å². The fourth-order valence-electron chi connectivity index (χ4n) is 4.30. The molecule has 160 valence electrons. The van der Waals surface area contributed by atoms with E-state index in [-0.39, 0.29) is 17.1 Å². The molecule has 2 aromatic rings. The first kappa shape index (κ1) is 20.7. The summed E-state index contributed by atoms with van der Waals surface area (Å²) in [4.78, 5) is 0. The molecule has 4 rings (SSSR count). The van der Waals surface area contributed by atoms with Crippen LogP contribution in [0.15, 0.2) is 46.9 Å². The van der Waals surface area contributed by atoms with Crippen LogP contribution < -0.4 is 21.1 Å². The summed E-state index contributed by atoms with van der Waals surface area (Å²) >= 11 is 0. The molecule has 2 aliphatic rings. The van der Waals surface area contributed by atoms with Crippen LogP contribution in [0.2, 0.25) is 0 Å². The van der Waals surface area contributed by atoms with Crippen LogP contribution in [0.3, 0.4) is 0 Å². The highest BCUT2D eigenvalue weighted by Crippen LogP contribution is 2.33. The van der Waals surface area contributed by atoms with Gasteiger partial charge in [0.2, 0.25) is 0 Å². The van der Waals surface area contributed by atoms with Gasteiger partial charge in [0.25, 0.3) is 10.0 Å². The van der Waals surface area contributed by atoms with Gasteiger partial charge >= 0.3 is 0 Å². The van der Waals surface area contributed by atoms with Crippen LogP contribution in [0.25, 0.3) is 0 Å². The summed E-state index contributed by atoms with van der Waals surface area (Å²) in [7, 11) is -1.64. The lowest BCUT2D eigenvalue weighted by Crippen LogP contribution is -2.47. The second-order valence-electron chi connectivity index (χ2n) is 8.07. The zero-order valence-corrected chi connectivity index (χ0v) is 18.0. The number of amidine groups is 1. The molecule has 0 atom stereocenters. The van der Waals surface area contributed by atoms with Gasteiger partial charge in [0, 0.05) is 19.3 Å². The maximum Gasteiger partial charge on any atom is 0.259 e. The minimum absolute atomic E-state index is 0.00385. The Morgan fingerprint density at radius 2 is 1.93 bits per heavy atom. The summed E-state index contributed by atoms with van der Waals surface area (Å²) < 4.78 is 33.7. The maximum atomic E-state index is 11.9. The van der Waals surface area contributed by atoms with E-state index in [1.165, 1.54) is 5.56 Å². The summed E-state index contributed by atoms with van der Waals surface area (Å²) in [5.74, 6) is 0.448. The molecule has 1 saturated carbocycles. The molecule has 0 spiro atoms. The van der Waals surface area contributed by atoms with E-state index in [0.29, 0.717) is 23.5 Å². The van der Waals surface area contributed by atoms with Crippen molar-refractivity contribution >= 4 is 21.5 Å². The van der Waals surface area contributed by atoms with Crippen molar-refractivity contribution in [1.29, 1.82) is 0 Å². The molecule has 4 N–H and O–H groups in total. The number of rotatable bonds is 7. The Kier molecular flexibility index (Phi) is 5.71. The monoisotopic (exact) mass is 428 g/mol. The Balaban J connectivity index is 1.50. The zero-order chi connectivity index (χ0) is 21.2. The third-order valence-corrected chi connectivity index (χ3v) is 7.04. The van der Waals surface area contributed by atoms with E-state index >= 15 is 0 Å². The molecule has 2 aromatic carbocycles. The summed E-state index contributed by atoms with van der Waals surface area (Å²) in [5.41, 5.74) is 9.39. The van der Waals surface area contributed by atoms with Crippen LogP contribution >= 0.6 is 0 Å². The molecule has 1 fully saturated rings. The largest absolute Gasteiger partial charge is 0.491 e. The Morgan fingerprint density at radius 3 is 2.70 bits per heavy atom. The van der Waals surface area contributed by atoms with Gasteiger partial charge in [-0.1, -0.05) is 37.1 Å². The molecule has 0 aromatic heterocycles. The molecule has 0 unspecified atom stereocenters. The molecular formula is C22H28N4O3S. The number of hydrogen-bond donors (Lipinski definition) is 3. The molecule has 0 saturated heterocycles. The standard InChI is InChI=1S/C22H28N4O3S/c1-24-18-8-4-6-16(12-18)13-25-22(10-2-3-11-22)15-29-19-9-5-7-17-14-30(27,28)26-21(23)20(17)19/h4-9,12,24-25H,2-3,10-11,13-15H2,1H3,(H2,23,26). The lowest BCUT2D eigenvalue weighted by atomic mass is 9.98. The fraction of sp³-hybridized carbons (Fsp3) is 0.409. The Bertz CT molecular complexity index is 1060. The lowest BCUT2D eigenvalue weighted by molar-refractivity contribution is 0.181. The molecular weight excluding hydrogens is 400 g/mol. The molecule has 0 amide bonds. The molecule has 30 heavy (non-hydrogen) atoms. The van der Waals surface area contributed by atoms with Gasteiger partial charge in [-0.3, -0.25) is 0 Å². The van der Waals surface area contributed by atoms with Gasteiger partial charge < -0.3 is 21.1 Å². The first-order chi connectivity index (χ1) is 14.4. The Morgan fingerprint density at radius 1 is 1.17 bits per heavy atom. The van der Waals surface area contributed by atoms with Crippen LogP contribution in [0, 0.1) is 0 Å². The normalized spacial score (nSPS) is 19.0. The van der Waals surface area contributed by atoms with Gasteiger partial charge in [-0.15, -0.1) is 4.40 Å². The average Bonchev–Trinajstić information content (AvgIpc) is 3.19. The number of nitrogens with zero attached hydrogens (tertiary/aromatic N) is 1. The van der Waals surface area contributed by atoms with E-state index in [1.54, 1.807) is 12.1 Å². The van der Waals surface area contributed by atoms with Gasteiger partial charge in [-0.05, 0) is 42.2 Å². The number of nitrogens with one attached hydrogen (secondary N) is 2. The average molecular weight is 429 g/mol. The van der Waals surface area contributed by atoms with Gasteiger partial charge in [0.1, 0.15) is 18.2 Å².